The van der Waals surface area contributed by atoms with Crippen molar-refractivity contribution in [1.29, 1.82) is 0 Å². The smallest absolute Gasteiger partial charge is 0.243 e. The third-order valence-electron chi connectivity index (χ3n) is 4.40. The van der Waals surface area contributed by atoms with Gasteiger partial charge >= 0.3 is 0 Å². The molecule has 1 aliphatic rings. The highest BCUT2D eigenvalue weighted by atomic mass is 35.5. The van der Waals surface area contributed by atoms with Crippen LogP contribution in [-0.4, -0.2) is 64.5 Å². The minimum atomic E-state index is -3.57. The molecule has 26 heavy (non-hydrogen) atoms. The lowest BCUT2D eigenvalue weighted by Crippen LogP contribution is -2.50. The Balaban J connectivity index is 1.58. The number of amides is 1. The molecular formula is C16H20ClN5O3S. The summed E-state index contributed by atoms with van der Waals surface area (Å²) in [6.07, 6.45) is 3.31. The molecular weight excluding hydrogens is 378 g/mol. The second-order valence-electron chi connectivity index (χ2n) is 6.17. The van der Waals surface area contributed by atoms with E-state index in [1.807, 2.05) is 6.92 Å². The van der Waals surface area contributed by atoms with Crippen molar-refractivity contribution in [2.75, 3.05) is 26.2 Å². The number of aromatic nitrogens is 3. The standard InChI is InChI=1S/C16H20ClN5O3S/c1-13(22-12-18-11-19-22)10-16(23)20-6-8-21(9-7-20)26(24,25)15-4-2-14(17)3-5-15/h2-5,11-13H,6-10H2,1H3/t13-/m1/s1. The molecule has 1 amide bonds. The van der Waals surface area contributed by atoms with Gasteiger partial charge in [-0.05, 0) is 31.2 Å². The predicted octanol–water partition coefficient (Wildman–Crippen LogP) is 1.42. The van der Waals surface area contributed by atoms with Crippen LogP contribution >= 0.6 is 11.6 Å². The zero-order chi connectivity index (χ0) is 18.7. The lowest BCUT2D eigenvalue weighted by molar-refractivity contribution is -0.133. The Morgan fingerprint density at radius 3 is 2.42 bits per heavy atom. The number of piperazine rings is 1. The van der Waals surface area contributed by atoms with Crippen molar-refractivity contribution >= 4 is 27.5 Å². The average molecular weight is 398 g/mol. The molecule has 140 valence electrons. The van der Waals surface area contributed by atoms with Crippen molar-refractivity contribution in [2.45, 2.75) is 24.3 Å². The number of carbonyl (C=O) groups excluding carboxylic acids is 1. The third-order valence-corrected chi connectivity index (χ3v) is 6.57. The Kier molecular flexibility index (Phi) is 5.59. The SMILES string of the molecule is C[C@H](CC(=O)N1CCN(S(=O)(=O)c2ccc(Cl)cc2)CC1)n1cncn1. The van der Waals surface area contributed by atoms with Gasteiger partial charge in [0.15, 0.2) is 0 Å². The van der Waals surface area contributed by atoms with Crippen molar-refractivity contribution < 1.29 is 13.2 Å². The van der Waals surface area contributed by atoms with Gasteiger partial charge in [-0.1, -0.05) is 11.6 Å². The van der Waals surface area contributed by atoms with Crippen molar-refractivity contribution in [3.8, 4) is 0 Å². The number of hydrogen-bond acceptors (Lipinski definition) is 5. The summed E-state index contributed by atoms with van der Waals surface area (Å²) in [5, 5.41) is 4.52. The minimum Gasteiger partial charge on any atom is -0.340 e. The van der Waals surface area contributed by atoms with Gasteiger partial charge in [-0.2, -0.15) is 9.40 Å². The van der Waals surface area contributed by atoms with Gasteiger partial charge in [0.25, 0.3) is 0 Å². The summed E-state index contributed by atoms with van der Waals surface area (Å²) in [5.41, 5.74) is 0. The summed E-state index contributed by atoms with van der Waals surface area (Å²) in [6, 6.07) is 6.00. The van der Waals surface area contributed by atoms with Crippen molar-refractivity contribution in [2.24, 2.45) is 0 Å². The molecule has 0 saturated carbocycles. The molecule has 1 atom stereocenters. The highest BCUT2D eigenvalue weighted by Crippen LogP contribution is 2.20. The Labute approximate surface area is 157 Å². The maximum Gasteiger partial charge on any atom is 0.243 e. The van der Waals surface area contributed by atoms with Gasteiger partial charge < -0.3 is 4.90 Å². The number of hydrogen-bond donors (Lipinski definition) is 0. The number of sulfonamides is 1. The quantitative estimate of drug-likeness (QED) is 0.761. The van der Waals surface area contributed by atoms with Crippen LogP contribution in [0.5, 0.6) is 0 Å². The topological polar surface area (TPSA) is 88.4 Å². The summed E-state index contributed by atoms with van der Waals surface area (Å²) < 4.78 is 28.4. The zero-order valence-electron chi connectivity index (χ0n) is 14.3. The lowest BCUT2D eigenvalue weighted by atomic mass is 10.2. The van der Waals surface area contributed by atoms with Crippen LogP contribution in [0.25, 0.3) is 0 Å². The molecule has 0 unspecified atom stereocenters. The van der Waals surface area contributed by atoms with E-state index in [1.54, 1.807) is 28.0 Å². The van der Waals surface area contributed by atoms with E-state index in [9.17, 15) is 13.2 Å². The summed E-state index contributed by atoms with van der Waals surface area (Å²) in [5.74, 6) is -0.0171. The van der Waals surface area contributed by atoms with E-state index in [4.69, 9.17) is 11.6 Å². The summed E-state index contributed by atoms with van der Waals surface area (Å²) in [6.45, 7) is 3.18. The van der Waals surface area contributed by atoms with Crippen LogP contribution in [0.15, 0.2) is 41.8 Å². The number of halogens is 1. The fourth-order valence-electron chi connectivity index (χ4n) is 2.85. The normalized spacial score (nSPS) is 17.2. The Hall–Kier alpha value is -1.97. The van der Waals surface area contributed by atoms with Crippen LogP contribution in [0.4, 0.5) is 0 Å². The molecule has 0 bridgehead atoms. The second-order valence-corrected chi connectivity index (χ2v) is 8.54. The second kappa shape index (κ2) is 7.73. The van der Waals surface area contributed by atoms with Gasteiger partial charge in [-0.25, -0.2) is 18.1 Å². The molecule has 8 nitrogen and oxygen atoms in total. The Morgan fingerprint density at radius 1 is 1.19 bits per heavy atom. The maximum atomic E-state index is 12.7. The molecule has 0 spiro atoms. The molecule has 2 aromatic rings. The van der Waals surface area contributed by atoms with Crippen LogP contribution in [-0.2, 0) is 14.8 Å². The summed E-state index contributed by atoms with van der Waals surface area (Å²) in [7, 11) is -3.57. The van der Waals surface area contributed by atoms with E-state index in [1.165, 1.54) is 22.8 Å². The molecule has 2 heterocycles. The van der Waals surface area contributed by atoms with Crippen LogP contribution in [0.1, 0.15) is 19.4 Å². The van der Waals surface area contributed by atoms with Crippen LogP contribution in [0.2, 0.25) is 5.02 Å². The van der Waals surface area contributed by atoms with Crippen LogP contribution in [0, 0.1) is 0 Å². The summed E-state index contributed by atoms with van der Waals surface area (Å²) >= 11 is 5.82. The number of nitrogens with zero attached hydrogens (tertiary/aromatic N) is 5. The first-order chi connectivity index (χ1) is 12.4. The molecule has 1 aromatic carbocycles. The van der Waals surface area contributed by atoms with E-state index in [2.05, 4.69) is 10.1 Å². The summed E-state index contributed by atoms with van der Waals surface area (Å²) in [4.78, 5) is 18.2. The van der Waals surface area contributed by atoms with E-state index in [-0.39, 0.29) is 29.9 Å². The molecule has 1 aromatic heterocycles. The van der Waals surface area contributed by atoms with Gasteiger partial charge in [-0.15, -0.1) is 0 Å². The monoisotopic (exact) mass is 397 g/mol. The van der Waals surface area contributed by atoms with Crippen LogP contribution < -0.4 is 0 Å². The molecule has 1 fully saturated rings. The molecule has 0 N–H and O–H groups in total. The first kappa shape index (κ1) is 18.8. The van der Waals surface area contributed by atoms with Gasteiger partial charge in [0.05, 0.1) is 10.9 Å². The Morgan fingerprint density at radius 2 is 1.85 bits per heavy atom. The molecule has 1 aliphatic heterocycles. The van der Waals surface area contributed by atoms with Gasteiger partial charge in [-0.3, -0.25) is 4.79 Å². The largest absolute Gasteiger partial charge is 0.340 e. The van der Waals surface area contributed by atoms with E-state index in [0.717, 1.165) is 0 Å². The molecule has 0 radical (unpaired) electrons. The first-order valence-electron chi connectivity index (χ1n) is 8.25. The average Bonchev–Trinajstić information content (AvgIpc) is 3.17. The fraction of sp³-hybridized carbons (Fsp3) is 0.438. The van der Waals surface area contributed by atoms with Gasteiger partial charge in [0, 0.05) is 37.6 Å². The van der Waals surface area contributed by atoms with E-state index < -0.39 is 10.0 Å². The van der Waals surface area contributed by atoms with Crippen molar-refractivity contribution in [1.82, 2.24) is 24.0 Å². The fourth-order valence-corrected chi connectivity index (χ4v) is 4.40. The van der Waals surface area contributed by atoms with Crippen molar-refractivity contribution in [3.63, 3.8) is 0 Å². The molecule has 3 rings (SSSR count). The number of carbonyl (C=O) groups is 1. The molecule has 10 heteroatoms. The minimum absolute atomic E-state index is 0.0171. The van der Waals surface area contributed by atoms with Crippen molar-refractivity contribution in [3.05, 3.63) is 41.9 Å². The lowest BCUT2D eigenvalue weighted by Gasteiger charge is -2.34. The predicted molar refractivity (Wildman–Crippen MR) is 96.1 cm³/mol. The van der Waals surface area contributed by atoms with Crippen LogP contribution in [0.3, 0.4) is 0 Å². The first-order valence-corrected chi connectivity index (χ1v) is 10.1. The zero-order valence-corrected chi connectivity index (χ0v) is 15.9. The highest BCUT2D eigenvalue weighted by molar-refractivity contribution is 7.89. The third kappa shape index (κ3) is 4.05. The van der Waals surface area contributed by atoms with E-state index in [0.29, 0.717) is 24.5 Å². The van der Waals surface area contributed by atoms with Gasteiger partial charge in [0.1, 0.15) is 12.7 Å². The number of benzene rings is 1. The van der Waals surface area contributed by atoms with Gasteiger partial charge in [0.2, 0.25) is 15.9 Å². The maximum absolute atomic E-state index is 12.7. The Bertz CT molecular complexity index is 847. The molecule has 0 aliphatic carbocycles. The molecule has 1 saturated heterocycles. The number of rotatable bonds is 5. The van der Waals surface area contributed by atoms with E-state index >= 15 is 0 Å². The highest BCUT2D eigenvalue weighted by Gasteiger charge is 2.30.